The number of aryl methyl sites for hydroxylation is 1. The first-order valence-electron chi connectivity index (χ1n) is 9.36. The van der Waals surface area contributed by atoms with E-state index in [4.69, 9.17) is 9.47 Å². The van der Waals surface area contributed by atoms with Crippen LogP contribution in [0.25, 0.3) is 0 Å². The molecule has 2 rings (SSSR count). The Kier molecular flexibility index (Phi) is 8.16. The van der Waals surface area contributed by atoms with Crippen LogP contribution in [-0.4, -0.2) is 67.8 Å². The lowest BCUT2D eigenvalue weighted by Gasteiger charge is -2.45. The molecule has 5 heteroatoms. The average molecular weight is 351 g/mol. The van der Waals surface area contributed by atoms with Crippen molar-refractivity contribution in [2.24, 2.45) is 5.41 Å². The van der Waals surface area contributed by atoms with Gasteiger partial charge in [0.15, 0.2) is 0 Å². The Bertz CT molecular complexity index is 510. The van der Waals surface area contributed by atoms with Gasteiger partial charge in [-0.15, -0.1) is 0 Å². The minimum absolute atomic E-state index is 0.00784. The third-order valence-corrected chi connectivity index (χ3v) is 5.32. The number of methoxy groups -OCH3 is 1. The SMILES string of the molecule is CCc1ccccc1OCCN1CC[C@@H](O)[C@@](CO)(CCCOC)C1. The van der Waals surface area contributed by atoms with Crippen LogP contribution in [-0.2, 0) is 11.2 Å². The van der Waals surface area contributed by atoms with E-state index < -0.39 is 11.5 Å². The van der Waals surface area contributed by atoms with Crippen LogP contribution in [0.3, 0.4) is 0 Å². The number of nitrogens with zero attached hydrogens (tertiary/aromatic N) is 1. The van der Waals surface area contributed by atoms with E-state index in [0.717, 1.165) is 38.1 Å². The summed E-state index contributed by atoms with van der Waals surface area (Å²) < 4.78 is 11.1. The van der Waals surface area contributed by atoms with Gasteiger partial charge >= 0.3 is 0 Å². The summed E-state index contributed by atoms with van der Waals surface area (Å²) >= 11 is 0. The molecule has 0 aliphatic carbocycles. The fraction of sp³-hybridized carbons (Fsp3) is 0.700. The van der Waals surface area contributed by atoms with Crippen molar-refractivity contribution in [3.05, 3.63) is 29.8 Å². The highest BCUT2D eigenvalue weighted by Crippen LogP contribution is 2.34. The molecule has 1 aliphatic heterocycles. The normalized spacial score (nSPS) is 24.4. The summed E-state index contributed by atoms with van der Waals surface area (Å²) in [7, 11) is 1.68. The molecule has 2 atom stereocenters. The second-order valence-electron chi connectivity index (χ2n) is 7.01. The van der Waals surface area contributed by atoms with Crippen LogP contribution in [0.15, 0.2) is 24.3 Å². The zero-order chi connectivity index (χ0) is 18.1. The zero-order valence-electron chi connectivity index (χ0n) is 15.6. The maximum Gasteiger partial charge on any atom is 0.122 e. The summed E-state index contributed by atoms with van der Waals surface area (Å²) in [6.07, 6.45) is 2.82. The van der Waals surface area contributed by atoms with E-state index in [1.807, 2.05) is 18.2 Å². The molecule has 0 bridgehead atoms. The molecule has 0 saturated carbocycles. The number of benzene rings is 1. The van der Waals surface area contributed by atoms with Gasteiger partial charge in [0.05, 0.1) is 12.7 Å². The van der Waals surface area contributed by atoms with Crippen LogP contribution in [0.4, 0.5) is 0 Å². The molecule has 0 spiro atoms. The summed E-state index contributed by atoms with van der Waals surface area (Å²) in [5.41, 5.74) is 0.777. The highest BCUT2D eigenvalue weighted by atomic mass is 16.5. The number of rotatable bonds is 10. The van der Waals surface area contributed by atoms with Crippen molar-refractivity contribution in [1.29, 1.82) is 0 Å². The molecule has 1 aromatic rings. The molecular formula is C20H33NO4. The molecule has 0 unspecified atom stereocenters. The van der Waals surface area contributed by atoms with Gasteiger partial charge in [0.2, 0.25) is 0 Å². The van der Waals surface area contributed by atoms with E-state index in [9.17, 15) is 10.2 Å². The van der Waals surface area contributed by atoms with Crippen molar-refractivity contribution < 1.29 is 19.7 Å². The smallest absolute Gasteiger partial charge is 0.122 e. The maximum atomic E-state index is 10.4. The Morgan fingerprint density at radius 3 is 2.80 bits per heavy atom. The van der Waals surface area contributed by atoms with Crippen molar-refractivity contribution in [2.75, 3.05) is 46.6 Å². The fourth-order valence-corrected chi connectivity index (χ4v) is 3.70. The highest BCUT2D eigenvalue weighted by molar-refractivity contribution is 5.33. The van der Waals surface area contributed by atoms with Gasteiger partial charge in [0.1, 0.15) is 12.4 Å². The lowest BCUT2D eigenvalue weighted by molar-refractivity contribution is -0.0838. The minimum atomic E-state index is -0.452. The predicted molar refractivity (Wildman–Crippen MR) is 99.0 cm³/mol. The first kappa shape index (κ1) is 20.2. The third-order valence-electron chi connectivity index (χ3n) is 5.32. The van der Waals surface area contributed by atoms with Crippen molar-refractivity contribution in [2.45, 2.75) is 38.7 Å². The van der Waals surface area contributed by atoms with Gasteiger partial charge in [-0.2, -0.15) is 0 Å². The van der Waals surface area contributed by atoms with E-state index in [1.54, 1.807) is 7.11 Å². The van der Waals surface area contributed by atoms with E-state index >= 15 is 0 Å². The summed E-state index contributed by atoms with van der Waals surface area (Å²) in [5.74, 6) is 0.954. The molecule has 5 nitrogen and oxygen atoms in total. The molecule has 1 aromatic carbocycles. The Balaban J connectivity index is 1.87. The van der Waals surface area contributed by atoms with Crippen molar-refractivity contribution in [3.8, 4) is 5.75 Å². The van der Waals surface area contributed by atoms with Gasteiger partial charge in [-0.3, -0.25) is 4.90 Å². The first-order valence-corrected chi connectivity index (χ1v) is 9.36. The second kappa shape index (κ2) is 10.1. The standard InChI is InChI=1S/C20H33NO4/c1-3-17-7-4-5-8-18(17)25-14-12-21-11-9-19(23)20(15-21,16-22)10-6-13-24-2/h4-5,7-8,19,22-23H,3,6,9-16H2,1-2H3/t19-,20+/m1/s1. The molecule has 1 aliphatic rings. The van der Waals surface area contributed by atoms with Crippen LogP contribution in [0.1, 0.15) is 31.7 Å². The number of piperidine rings is 1. The number of hydrogen-bond acceptors (Lipinski definition) is 5. The zero-order valence-corrected chi connectivity index (χ0v) is 15.6. The molecular weight excluding hydrogens is 318 g/mol. The number of ether oxygens (including phenoxy) is 2. The molecule has 0 radical (unpaired) electrons. The molecule has 2 N–H and O–H groups in total. The molecule has 142 valence electrons. The lowest BCUT2D eigenvalue weighted by Crippen LogP contribution is -2.54. The molecule has 1 fully saturated rings. The Morgan fingerprint density at radius 1 is 1.28 bits per heavy atom. The first-order chi connectivity index (χ1) is 12.1. The van der Waals surface area contributed by atoms with E-state index in [-0.39, 0.29) is 6.61 Å². The second-order valence-corrected chi connectivity index (χ2v) is 7.01. The van der Waals surface area contributed by atoms with Crippen LogP contribution in [0.2, 0.25) is 0 Å². The molecule has 0 aromatic heterocycles. The molecule has 0 amide bonds. The summed E-state index contributed by atoms with van der Waals surface area (Å²) in [4.78, 5) is 2.30. The lowest BCUT2D eigenvalue weighted by atomic mass is 9.74. The van der Waals surface area contributed by atoms with Gasteiger partial charge < -0.3 is 19.7 Å². The van der Waals surface area contributed by atoms with Crippen LogP contribution in [0, 0.1) is 5.41 Å². The Morgan fingerprint density at radius 2 is 2.08 bits per heavy atom. The minimum Gasteiger partial charge on any atom is -0.492 e. The Labute approximate surface area is 151 Å². The largest absolute Gasteiger partial charge is 0.492 e. The third kappa shape index (κ3) is 5.42. The Hall–Kier alpha value is -1.14. The summed E-state index contributed by atoms with van der Waals surface area (Å²) in [6, 6.07) is 8.15. The van der Waals surface area contributed by atoms with Gasteiger partial charge in [-0.25, -0.2) is 0 Å². The molecule has 1 saturated heterocycles. The maximum absolute atomic E-state index is 10.4. The highest BCUT2D eigenvalue weighted by Gasteiger charge is 2.41. The number of hydrogen-bond donors (Lipinski definition) is 2. The molecule has 25 heavy (non-hydrogen) atoms. The topological polar surface area (TPSA) is 62.2 Å². The van der Waals surface area contributed by atoms with Gasteiger partial charge in [0.25, 0.3) is 0 Å². The predicted octanol–water partition coefficient (Wildman–Crippen LogP) is 2.10. The van der Waals surface area contributed by atoms with E-state index in [1.165, 1.54) is 5.56 Å². The quantitative estimate of drug-likeness (QED) is 0.632. The van der Waals surface area contributed by atoms with Crippen LogP contribution in [0.5, 0.6) is 5.75 Å². The van der Waals surface area contributed by atoms with Crippen molar-refractivity contribution >= 4 is 0 Å². The van der Waals surface area contributed by atoms with E-state index in [2.05, 4.69) is 17.9 Å². The monoisotopic (exact) mass is 351 g/mol. The van der Waals surface area contributed by atoms with Gasteiger partial charge in [0, 0.05) is 38.8 Å². The molecule has 1 heterocycles. The fourth-order valence-electron chi connectivity index (χ4n) is 3.70. The number of para-hydroxylation sites is 1. The van der Waals surface area contributed by atoms with Crippen molar-refractivity contribution in [1.82, 2.24) is 4.90 Å². The number of likely N-dealkylation sites (tertiary alicyclic amines) is 1. The number of aliphatic hydroxyl groups excluding tert-OH is 2. The summed E-state index contributed by atoms with van der Waals surface area (Å²) in [6.45, 7) is 5.76. The van der Waals surface area contributed by atoms with Crippen molar-refractivity contribution in [3.63, 3.8) is 0 Å². The van der Waals surface area contributed by atoms with Gasteiger partial charge in [-0.05, 0) is 37.3 Å². The van der Waals surface area contributed by atoms with Crippen LogP contribution >= 0.6 is 0 Å². The van der Waals surface area contributed by atoms with E-state index in [0.29, 0.717) is 26.2 Å². The van der Waals surface area contributed by atoms with Gasteiger partial charge in [-0.1, -0.05) is 25.1 Å². The number of aliphatic hydroxyl groups is 2. The average Bonchev–Trinajstić information content (AvgIpc) is 2.64. The van der Waals surface area contributed by atoms with Crippen LogP contribution < -0.4 is 4.74 Å². The summed E-state index contributed by atoms with van der Waals surface area (Å²) in [5, 5.41) is 20.4.